The zero-order chi connectivity index (χ0) is 13.5. The standard InChI is InChI=1S/C17H17N3/c18-14-5-3-9-20-16(7-8-17(14)20)13-10-12-4-1-2-6-15(12)19-11-13/h1-2,4,6-8,10-11,14H,3,5,9,18H2. The van der Waals surface area contributed by atoms with E-state index >= 15 is 0 Å². The van der Waals surface area contributed by atoms with E-state index in [0.29, 0.717) is 0 Å². The van der Waals surface area contributed by atoms with Crippen LogP contribution in [0.15, 0.2) is 48.7 Å². The van der Waals surface area contributed by atoms with Crippen molar-refractivity contribution in [2.24, 2.45) is 5.73 Å². The molecule has 0 fully saturated rings. The van der Waals surface area contributed by atoms with E-state index in [1.165, 1.54) is 22.3 Å². The summed E-state index contributed by atoms with van der Waals surface area (Å²) in [6.45, 7) is 1.05. The summed E-state index contributed by atoms with van der Waals surface area (Å²) in [4.78, 5) is 4.56. The highest BCUT2D eigenvalue weighted by molar-refractivity contribution is 5.83. The van der Waals surface area contributed by atoms with Crippen LogP contribution >= 0.6 is 0 Å². The van der Waals surface area contributed by atoms with Crippen LogP contribution in [0, 0.1) is 0 Å². The third-order valence-electron chi connectivity index (χ3n) is 4.18. The van der Waals surface area contributed by atoms with Crippen LogP contribution in [0.5, 0.6) is 0 Å². The lowest BCUT2D eigenvalue weighted by molar-refractivity contribution is 0.466. The van der Waals surface area contributed by atoms with Crippen LogP contribution in [0.3, 0.4) is 0 Å². The SMILES string of the molecule is NC1CCCn2c(-c3cnc4ccccc4c3)ccc21. The Balaban J connectivity index is 1.87. The molecule has 1 aliphatic rings. The molecule has 0 radical (unpaired) electrons. The van der Waals surface area contributed by atoms with E-state index in [1.807, 2.05) is 18.3 Å². The van der Waals surface area contributed by atoms with E-state index in [2.05, 4.69) is 39.9 Å². The highest BCUT2D eigenvalue weighted by atomic mass is 15.0. The van der Waals surface area contributed by atoms with Gasteiger partial charge in [0.1, 0.15) is 0 Å². The molecule has 3 heterocycles. The van der Waals surface area contributed by atoms with Crippen molar-refractivity contribution >= 4 is 10.9 Å². The molecule has 0 aliphatic carbocycles. The Bertz CT molecular complexity index is 773. The summed E-state index contributed by atoms with van der Waals surface area (Å²) in [7, 11) is 0. The lowest BCUT2D eigenvalue weighted by Gasteiger charge is -2.23. The van der Waals surface area contributed by atoms with Crippen LogP contribution in [0.1, 0.15) is 24.6 Å². The van der Waals surface area contributed by atoms with Crippen LogP contribution in [0.2, 0.25) is 0 Å². The first-order valence-electron chi connectivity index (χ1n) is 7.13. The number of para-hydroxylation sites is 1. The second-order valence-electron chi connectivity index (χ2n) is 5.46. The molecule has 100 valence electrons. The molecule has 0 amide bonds. The van der Waals surface area contributed by atoms with E-state index in [0.717, 1.165) is 24.9 Å². The van der Waals surface area contributed by atoms with Gasteiger partial charge in [0.25, 0.3) is 0 Å². The number of aromatic nitrogens is 2. The van der Waals surface area contributed by atoms with Gasteiger partial charge in [-0.05, 0) is 37.1 Å². The maximum Gasteiger partial charge on any atom is 0.0702 e. The number of hydrogen-bond acceptors (Lipinski definition) is 2. The fraction of sp³-hybridized carbons (Fsp3) is 0.235. The van der Waals surface area contributed by atoms with Crippen molar-refractivity contribution < 1.29 is 0 Å². The molecule has 2 N–H and O–H groups in total. The summed E-state index contributed by atoms with van der Waals surface area (Å²) < 4.78 is 2.35. The van der Waals surface area contributed by atoms with Crippen molar-refractivity contribution in [3.63, 3.8) is 0 Å². The molecular weight excluding hydrogens is 246 g/mol. The van der Waals surface area contributed by atoms with Gasteiger partial charge in [-0.2, -0.15) is 0 Å². The Morgan fingerprint density at radius 2 is 2.05 bits per heavy atom. The summed E-state index contributed by atoms with van der Waals surface area (Å²) in [5, 5.41) is 1.18. The Morgan fingerprint density at radius 3 is 3.00 bits per heavy atom. The lowest BCUT2D eigenvalue weighted by atomic mass is 10.1. The summed E-state index contributed by atoms with van der Waals surface area (Å²) in [5.74, 6) is 0. The van der Waals surface area contributed by atoms with Gasteiger partial charge in [-0.1, -0.05) is 18.2 Å². The van der Waals surface area contributed by atoms with Gasteiger partial charge in [0, 0.05) is 41.1 Å². The van der Waals surface area contributed by atoms with Gasteiger partial charge in [0.2, 0.25) is 0 Å². The van der Waals surface area contributed by atoms with Gasteiger partial charge in [-0.25, -0.2) is 0 Å². The fourth-order valence-corrected chi connectivity index (χ4v) is 3.14. The first-order chi connectivity index (χ1) is 9.83. The predicted octanol–water partition coefficient (Wildman–Crippen LogP) is 3.50. The fourth-order valence-electron chi connectivity index (χ4n) is 3.14. The topological polar surface area (TPSA) is 43.8 Å². The lowest BCUT2D eigenvalue weighted by Crippen LogP contribution is -2.21. The van der Waals surface area contributed by atoms with E-state index in [4.69, 9.17) is 5.73 Å². The quantitative estimate of drug-likeness (QED) is 0.730. The zero-order valence-corrected chi connectivity index (χ0v) is 11.3. The Labute approximate surface area is 118 Å². The molecule has 1 atom stereocenters. The third-order valence-corrected chi connectivity index (χ3v) is 4.18. The van der Waals surface area contributed by atoms with Gasteiger partial charge >= 0.3 is 0 Å². The van der Waals surface area contributed by atoms with Gasteiger partial charge in [0.05, 0.1) is 5.52 Å². The van der Waals surface area contributed by atoms with Crippen molar-refractivity contribution in [3.05, 3.63) is 54.4 Å². The molecule has 3 nitrogen and oxygen atoms in total. The minimum absolute atomic E-state index is 0.172. The number of rotatable bonds is 1. The molecule has 1 aliphatic heterocycles. The maximum absolute atomic E-state index is 6.19. The van der Waals surface area contributed by atoms with E-state index in [9.17, 15) is 0 Å². The molecule has 3 heteroatoms. The number of hydrogen-bond donors (Lipinski definition) is 1. The molecule has 0 bridgehead atoms. The minimum Gasteiger partial charge on any atom is -0.343 e. The molecule has 1 aromatic carbocycles. The number of fused-ring (bicyclic) bond motifs is 2. The predicted molar refractivity (Wildman–Crippen MR) is 81.3 cm³/mol. The summed E-state index contributed by atoms with van der Waals surface area (Å²) in [6, 6.07) is 14.9. The number of nitrogens with two attached hydrogens (primary N) is 1. The maximum atomic E-state index is 6.19. The van der Waals surface area contributed by atoms with Gasteiger partial charge in [-0.15, -0.1) is 0 Å². The van der Waals surface area contributed by atoms with E-state index in [-0.39, 0.29) is 6.04 Å². The Morgan fingerprint density at radius 1 is 1.15 bits per heavy atom. The second kappa shape index (κ2) is 4.46. The molecule has 4 rings (SSSR count). The number of nitrogens with zero attached hydrogens (tertiary/aromatic N) is 2. The molecular formula is C17H17N3. The van der Waals surface area contributed by atoms with Crippen LogP contribution in [0.25, 0.3) is 22.2 Å². The van der Waals surface area contributed by atoms with Crippen LogP contribution < -0.4 is 5.73 Å². The average molecular weight is 263 g/mol. The summed E-state index contributed by atoms with van der Waals surface area (Å²) in [5.41, 5.74) is 10.9. The van der Waals surface area contributed by atoms with Crippen LogP contribution in [-0.4, -0.2) is 9.55 Å². The molecule has 2 aromatic heterocycles. The molecule has 0 saturated heterocycles. The van der Waals surface area contributed by atoms with Crippen molar-refractivity contribution in [1.82, 2.24) is 9.55 Å². The van der Waals surface area contributed by atoms with Crippen LogP contribution in [0.4, 0.5) is 0 Å². The number of pyridine rings is 1. The van der Waals surface area contributed by atoms with Crippen LogP contribution in [-0.2, 0) is 6.54 Å². The number of benzene rings is 1. The molecule has 3 aromatic rings. The third kappa shape index (κ3) is 1.74. The van der Waals surface area contributed by atoms with Gasteiger partial charge in [-0.3, -0.25) is 4.98 Å². The van der Waals surface area contributed by atoms with Crippen molar-refractivity contribution in [2.45, 2.75) is 25.4 Å². The van der Waals surface area contributed by atoms with E-state index < -0.39 is 0 Å². The first-order valence-corrected chi connectivity index (χ1v) is 7.13. The Hall–Kier alpha value is -2.13. The normalized spacial score (nSPS) is 18.1. The average Bonchev–Trinajstić information content (AvgIpc) is 2.92. The largest absolute Gasteiger partial charge is 0.343 e. The minimum atomic E-state index is 0.172. The van der Waals surface area contributed by atoms with Gasteiger partial charge < -0.3 is 10.3 Å². The first kappa shape index (κ1) is 11.7. The molecule has 0 saturated carbocycles. The smallest absolute Gasteiger partial charge is 0.0702 e. The monoisotopic (exact) mass is 263 g/mol. The molecule has 20 heavy (non-hydrogen) atoms. The molecule has 0 spiro atoms. The van der Waals surface area contributed by atoms with Crippen molar-refractivity contribution in [3.8, 4) is 11.3 Å². The van der Waals surface area contributed by atoms with Crippen molar-refractivity contribution in [2.75, 3.05) is 0 Å². The summed E-state index contributed by atoms with van der Waals surface area (Å²) >= 11 is 0. The van der Waals surface area contributed by atoms with Crippen molar-refractivity contribution in [1.29, 1.82) is 0 Å². The highest BCUT2D eigenvalue weighted by Crippen LogP contribution is 2.31. The van der Waals surface area contributed by atoms with Gasteiger partial charge in [0.15, 0.2) is 0 Å². The van der Waals surface area contributed by atoms with E-state index in [1.54, 1.807) is 0 Å². The zero-order valence-electron chi connectivity index (χ0n) is 11.3. The Kier molecular flexibility index (Phi) is 2.60. The molecule has 1 unspecified atom stereocenters. The summed E-state index contributed by atoms with van der Waals surface area (Å²) in [6.07, 6.45) is 4.20. The highest BCUT2D eigenvalue weighted by Gasteiger charge is 2.19. The second-order valence-corrected chi connectivity index (χ2v) is 5.46.